The lowest BCUT2D eigenvalue weighted by atomic mass is 9.85. The van der Waals surface area contributed by atoms with Gasteiger partial charge in [-0.25, -0.2) is 13.6 Å². The monoisotopic (exact) mass is 244 g/mol. The lowest BCUT2D eigenvalue weighted by Crippen LogP contribution is -2.20. The molecular weight excluding hydrogens is 230 g/mol. The maximum Gasteiger partial charge on any atom is 0.410 e. The van der Waals surface area contributed by atoms with Crippen LogP contribution in [0.2, 0.25) is 0 Å². The molecule has 0 saturated carbocycles. The summed E-state index contributed by atoms with van der Waals surface area (Å²) in [5, 5.41) is 0. The second-order valence-electron chi connectivity index (χ2n) is 4.63. The molecule has 0 aliphatic carbocycles. The maximum absolute atomic E-state index is 13.7. The first-order valence-electron chi connectivity index (χ1n) is 4.90. The van der Waals surface area contributed by atoms with Crippen LogP contribution in [0.5, 0.6) is 5.75 Å². The highest BCUT2D eigenvalue weighted by molar-refractivity contribution is 5.69. The fourth-order valence-corrected chi connectivity index (χ4v) is 1.43. The van der Waals surface area contributed by atoms with Crippen LogP contribution in [0.4, 0.5) is 19.3 Å². The first-order chi connectivity index (χ1) is 7.64. The van der Waals surface area contributed by atoms with Gasteiger partial charge in [0.1, 0.15) is 0 Å². The Morgan fingerprint density at radius 3 is 2.29 bits per heavy atom. The molecule has 0 atom stereocenters. The van der Waals surface area contributed by atoms with E-state index in [0.717, 1.165) is 6.07 Å². The van der Waals surface area contributed by atoms with Crippen LogP contribution in [0, 0.1) is 11.6 Å². The summed E-state index contributed by atoms with van der Waals surface area (Å²) in [5.74, 6) is -3.00. The minimum absolute atomic E-state index is 0.254. The quantitative estimate of drug-likeness (QED) is 0.744. The highest BCUT2D eigenvalue weighted by Gasteiger charge is 2.25. The van der Waals surface area contributed by atoms with Crippen LogP contribution >= 0.6 is 0 Å². The number of benzene rings is 1. The maximum atomic E-state index is 13.7. The van der Waals surface area contributed by atoms with Gasteiger partial charge in [-0.05, 0) is 17.0 Å². The van der Waals surface area contributed by atoms with E-state index in [2.05, 4.69) is 4.74 Å². The number of primary amides is 1. The minimum Gasteiger partial charge on any atom is -0.404 e. The van der Waals surface area contributed by atoms with E-state index < -0.39 is 28.9 Å². The summed E-state index contributed by atoms with van der Waals surface area (Å²) in [7, 11) is 0. The number of halogens is 2. The van der Waals surface area contributed by atoms with Crippen LogP contribution < -0.4 is 16.2 Å². The molecule has 4 N–H and O–H groups in total. The van der Waals surface area contributed by atoms with Crippen molar-refractivity contribution in [2.45, 2.75) is 26.2 Å². The number of rotatable bonds is 1. The van der Waals surface area contributed by atoms with Crippen molar-refractivity contribution in [1.82, 2.24) is 0 Å². The number of nitrogens with two attached hydrogens (primary N) is 2. The van der Waals surface area contributed by atoms with E-state index in [4.69, 9.17) is 11.5 Å². The average molecular weight is 244 g/mol. The Labute approximate surface area is 97.5 Å². The molecule has 17 heavy (non-hydrogen) atoms. The van der Waals surface area contributed by atoms with Gasteiger partial charge in [-0.3, -0.25) is 0 Å². The van der Waals surface area contributed by atoms with E-state index >= 15 is 0 Å². The third kappa shape index (κ3) is 2.64. The largest absolute Gasteiger partial charge is 0.410 e. The van der Waals surface area contributed by atoms with Gasteiger partial charge >= 0.3 is 6.09 Å². The van der Waals surface area contributed by atoms with Crippen molar-refractivity contribution in [2.24, 2.45) is 5.73 Å². The molecule has 94 valence electrons. The first-order valence-corrected chi connectivity index (χ1v) is 4.90. The van der Waals surface area contributed by atoms with Gasteiger partial charge in [0, 0.05) is 0 Å². The summed E-state index contributed by atoms with van der Waals surface area (Å²) in [6.45, 7) is 5.27. The summed E-state index contributed by atoms with van der Waals surface area (Å²) < 4.78 is 31.5. The number of hydrogen-bond acceptors (Lipinski definition) is 3. The van der Waals surface area contributed by atoms with Crippen molar-refractivity contribution in [1.29, 1.82) is 0 Å². The van der Waals surface area contributed by atoms with Crippen molar-refractivity contribution in [3.05, 3.63) is 23.3 Å². The number of ether oxygens (including phenoxy) is 1. The number of nitrogen functional groups attached to an aromatic ring is 1. The van der Waals surface area contributed by atoms with Gasteiger partial charge < -0.3 is 16.2 Å². The molecule has 0 aromatic heterocycles. The molecule has 6 heteroatoms. The van der Waals surface area contributed by atoms with Crippen LogP contribution in [0.15, 0.2) is 6.07 Å². The highest BCUT2D eigenvalue weighted by Crippen LogP contribution is 2.35. The smallest absolute Gasteiger partial charge is 0.404 e. The van der Waals surface area contributed by atoms with Gasteiger partial charge in [0.15, 0.2) is 11.6 Å². The Morgan fingerprint density at radius 1 is 1.35 bits per heavy atom. The van der Waals surface area contributed by atoms with E-state index in [0.29, 0.717) is 5.56 Å². The molecule has 1 aromatic rings. The van der Waals surface area contributed by atoms with Gasteiger partial charge in [0.25, 0.3) is 0 Å². The van der Waals surface area contributed by atoms with E-state index in [1.54, 1.807) is 20.8 Å². The molecule has 0 saturated heterocycles. The second kappa shape index (κ2) is 4.20. The van der Waals surface area contributed by atoms with Crippen LogP contribution in [0.3, 0.4) is 0 Å². The minimum atomic E-state index is -1.30. The Morgan fingerprint density at radius 2 is 1.88 bits per heavy atom. The third-order valence-corrected chi connectivity index (χ3v) is 2.22. The van der Waals surface area contributed by atoms with Crippen LogP contribution in [0.25, 0.3) is 0 Å². The highest BCUT2D eigenvalue weighted by atomic mass is 19.1. The summed E-state index contributed by atoms with van der Waals surface area (Å²) in [4.78, 5) is 10.5. The summed E-state index contributed by atoms with van der Waals surface area (Å²) >= 11 is 0. The molecule has 0 heterocycles. The fraction of sp³-hybridized carbons (Fsp3) is 0.364. The van der Waals surface area contributed by atoms with E-state index in [1.165, 1.54) is 0 Å². The average Bonchev–Trinajstić information content (AvgIpc) is 2.16. The van der Waals surface area contributed by atoms with Crippen molar-refractivity contribution in [3.63, 3.8) is 0 Å². The molecule has 0 spiro atoms. The number of amides is 1. The standard InChI is InChI=1S/C11H14F2N2O2/c1-11(2,3)5-4-6(12)9(17-10(15)16)7(13)8(5)14/h4H,14H2,1-3H3,(H2,15,16). The Bertz CT molecular complexity index is 468. The first kappa shape index (κ1) is 13.2. The summed E-state index contributed by atoms with van der Waals surface area (Å²) in [5.41, 5.74) is 9.75. The molecule has 0 bridgehead atoms. The predicted molar refractivity (Wildman–Crippen MR) is 59.7 cm³/mol. The van der Waals surface area contributed by atoms with Gasteiger partial charge in [0.05, 0.1) is 5.69 Å². The predicted octanol–water partition coefficient (Wildman–Crippen LogP) is 2.30. The van der Waals surface area contributed by atoms with Crippen LogP contribution in [-0.2, 0) is 5.41 Å². The Hall–Kier alpha value is -1.85. The molecule has 0 aliphatic rings. The van der Waals surface area contributed by atoms with Gasteiger partial charge in [0.2, 0.25) is 5.75 Å². The molecular formula is C11H14F2N2O2. The topological polar surface area (TPSA) is 78.3 Å². The Kier molecular flexibility index (Phi) is 3.26. The fourth-order valence-electron chi connectivity index (χ4n) is 1.43. The van der Waals surface area contributed by atoms with Crippen molar-refractivity contribution in [2.75, 3.05) is 5.73 Å². The van der Waals surface area contributed by atoms with Crippen LogP contribution in [-0.4, -0.2) is 6.09 Å². The zero-order valence-corrected chi connectivity index (χ0v) is 9.80. The number of anilines is 1. The molecule has 0 radical (unpaired) electrons. The van der Waals surface area contributed by atoms with Crippen LogP contribution in [0.1, 0.15) is 26.3 Å². The molecule has 1 amide bonds. The molecule has 0 unspecified atom stereocenters. The Balaban J connectivity index is 3.42. The van der Waals surface area contributed by atoms with E-state index in [9.17, 15) is 13.6 Å². The van der Waals surface area contributed by atoms with Crippen molar-refractivity contribution in [3.8, 4) is 5.75 Å². The summed E-state index contributed by atoms with van der Waals surface area (Å²) in [6, 6.07) is 1.04. The molecule has 1 rings (SSSR count). The second-order valence-corrected chi connectivity index (χ2v) is 4.63. The normalized spacial score (nSPS) is 11.4. The lowest BCUT2D eigenvalue weighted by molar-refractivity contribution is 0.206. The SMILES string of the molecule is CC(C)(C)c1cc(F)c(OC(N)=O)c(F)c1N. The molecule has 1 aromatic carbocycles. The summed E-state index contributed by atoms with van der Waals surface area (Å²) in [6.07, 6.45) is -1.30. The van der Waals surface area contributed by atoms with Crippen molar-refractivity contribution < 1.29 is 18.3 Å². The number of carbonyl (C=O) groups excluding carboxylic acids is 1. The third-order valence-electron chi connectivity index (χ3n) is 2.22. The van der Waals surface area contributed by atoms with Gasteiger partial charge in [-0.15, -0.1) is 0 Å². The zero-order valence-electron chi connectivity index (χ0n) is 9.80. The van der Waals surface area contributed by atoms with Crippen molar-refractivity contribution >= 4 is 11.8 Å². The lowest BCUT2D eigenvalue weighted by Gasteiger charge is -2.22. The van der Waals surface area contributed by atoms with Gasteiger partial charge in [-0.1, -0.05) is 20.8 Å². The molecule has 4 nitrogen and oxygen atoms in total. The zero-order chi connectivity index (χ0) is 13.4. The van der Waals surface area contributed by atoms with E-state index in [1.807, 2.05) is 0 Å². The number of hydrogen-bond donors (Lipinski definition) is 2. The molecule has 0 fully saturated rings. The molecule has 0 aliphatic heterocycles. The van der Waals surface area contributed by atoms with Gasteiger partial charge in [-0.2, -0.15) is 0 Å². The van der Waals surface area contributed by atoms with E-state index in [-0.39, 0.29) is 5.69 Å². The number of carbonyl (C=O) groups is 1.